The summed E-state index contributed by atoms with van der Waals surface area (Å²) in [6.07, 6.45) is -0.107. The van der Waals surface area contributed by atoms with Gasteiger partial charge in [-0.3, -0.25) is 28.8 Å². The Morgan fingerprint density at radius 1 is 1.05 bits per heavy atom. The first kappa shape index (κ1) is 31.3. The molecular formula is C26H37N7O8. The monoisotopic (exact) mass is 575 g/mol. The normalized spacial score (nSPS) is 21.6. The second-order valence-corrected chi connectivity index (χ2v) is 10.2. The molecule has 2 saturated heterocycles. The van der Waals surface area contributed by atoms with Crippen molar-refractivity contribution in [3.05, 3.63) is 29.8 Å². The molecule has 2 fully saturated rings. The number of nitrogens with one attached hydrogen (secondary N) is 3. The Morgan fingerprint density at radius 2 is 1.73 bits per heavy atom. The Kier molecular flexibility index (Phi) is 10.6. The lowest BCUT2D eigenvalue weighted by molar-refractivity contribution is -0.146. The third-order valence-electron chi connectivity index (χ3n) is 7.13. The number of benzene rings is 1. The molecule has 3 rings (SSSR count). The van der Waals surface area contributed by atoms with E-state index in [2.05, 4.69) is 16.0 Å². The number of primary amides is 1. The second kappa shape index (κ2) is 13.9. The number of nitrogens with two attached hydrogens (primary N) is 2. The zero-order valence-electron chi connectivity index (χ0n) is 22.7. The fourth-order valence-electron chi connectivity index (χ4n) is 4.96. The minimum absolute atomic E-state index is 0.0446. The Hall–Kier alpha value is -4.24. The molecule has 4 unspecified atom stereocenters. The van der Waals surface area contributed by atoms with E-state index in [-0.39, 0.29) is 38.2 Å². The van der Waals surface area contributed by atoms with Gasteiger partial charge in [0.05, 0.1) is 19.2 Å². The maximum absolute atomic E-state index is 13.5. The molecule has 2 heterocycles. The second-order valence-electron chi connectivity index (χ2n) is 10.2. The summed E-state index contributed by atoms with van der Waals surface area (Å²) in [5.74, 6) is -3.61. The fourth-order valence-corrected chi connectivity index (χ4v) is 4.96. The number of carbonyl (C=O) groups excluding carboxylic acids is 6. The summed E-state index contributed by atoms with van der Waals surface area (Å²) in [6.45, 7) is 0.750. The van der Waals surface area contributed by atoms with Crippen molar-refractivity contribution >= 4 is 35.4 Å². The topological polar surface area (TPSA) is 237 Å². The minimum Gasteiger partial charge on any atom is -0.508 e. The van der Waals surface area contributed by atoms with E-state index in [0.717, 1.165) is 0 Å². The van der Waals surface area contributed by atoms with Crippen molar-refractivity contribution in [3.8, 4) is 5.75 Å². The number of phenolic OH excluding ortho intramolecular Hbond substituents is 1. The van der Waals surface area contributed by atoms with Gasteiger partial charge in [0, 0.05) is 25.9 Å². The lowest BCUT2D eigenvalue weighted by atomic mass is 10.0. The van der Waals surface area contributed by atoms with Crippen molar-refractivity contribution < 1.29 is 39.0 Å². The lowest BCUT2D eigenvalue weighted by Gasteiger charge is -2.31. The number of aromatic hydroxyl groups is 1. The highest BCUT2D eigenvalue weighted by atomic mass is 16.3. The Labute approximate surface area is 236 Å². The van der Waals surface area contributed by atoms with E-state index in [0.29, 0.717) is 18.4 Å². The number of carbonyl (C=O) groups is 6. The molecule has 0 bridgehead atoms. The number of likely N-dealkylation sites (tertiary alicyclic amines) is 2. The number of aliphatic hydroxyl groups excluding tert-OH is 1. The lowest BCUT2D eigenvalue weighted by Crippen LogP contribution is -2.56. The van der Waals surface area contributed by atoms with Crippen molar-refractivity contribution in [2.24, 2.45) is 11.5 Å². The maximum Gasteiger partial charge on any atom is 0.246 e. The predicted octanol–water partition coefficient (Wildman–Crippen LogP) is -3.56. The number of amides is 6. The molecule has 0 saturated carbocycles. The third-order valence-corrected chi connectivity index (χ3v) is 7.13. The van der Waals surface area contributed by atoms with E-state index < -0.39 is 72.3 Å². The van der Waals surface area contributed by atoms with Crippen LogP contribution in [0.25, 0.3) is 0 Å². The van der Waals surface area contributed by atoms with Gasteiger partial charge < -0.3 is 47.4 Å². The number of hydrogen-bond donors (Lipinski definition) is 7. The number of β-amino-alcohol motifs (C(OH)–C–C–N with tert-alkyl or cyclic N) is 1. The van der Waals surface area contributed by atoms with Gasteiger partial charge in [0.25, 0.3) is 0 Å². The molecule has 0 aliphatic carbocycles. The maximum atomic E-state index is 13.5. The summed E-state index contributed by atoms with van der Waals surface area (Å²) in [4.78, 5) is 77.9. The molecule has 0 aromatic heterocycles. The molecular weight excluding hydrogens is 538 g/mol. The minimum atomic E-state index is -1.06. The van der Waals surface area contributed by atoms with Gasteiger partial charge in [0.1, 0.15) is 29.9 Å². The van der Waals surface area contributed by atoms with Crippen LogP contribution in [0.5, 0.6) is 5.75 Å². The summed E-state index contributed by atoms with van der Waals surface area (Å²) in [7, 11) is 0. The van der Waals surface area contributed by atoms with Crippen molar-refractivity contribution in [2.45, 2.75) is 62.9 Å². The molecule has 5 atom stereocenters. The van der Waals surface area contributed by atoms with Gasteiger partial charge in [-0.05, 0) is 37.5 Å². The van der Waals surface area contributed by atoms with Gasteiger partial charge in [-0.1, -0.05) is 12.1 Å². The highest BCUT2D eigenvalue weighted by Gasteiger charge is 2.45. The first-order chi connectivity index (χ1) is 19.4. The van der Waals surface area contributed by atoms with E-state index in [1.165, 1.54) is 28.9 Å². The zero-order chi connectivity index (χ0) is 30.3. The van der Waals surface area contributed by atoms with E-state index in [1.54, 1.807) is 12.1 Å². The third kappa shape index (κ3) is 8.14. The molecule has 2 aliphatic rings. The van der Waals surface area contributed by atoms with E-state index in [4.69, 9.17) is 11.5 Å². The highest BCUT2D eigenvalue weighted by Crippen LogP contribution is 2.25. The highest BCUT2D eigenvalue weighted by molar-refractivity contribution is 5.96. The van der Waals surface area contributed by atoms with Crippen LogP contribution in [0.2, 0.25) is 0 Å². The van der Waals surface area contributed by atoms with Crippen LogP contribution in [-0.4, -0.2) is 112 Å². The Bertz CT molecular complexity index is 1160. The quantitative estimate of drug-likeness (QED) is 0.138. The summed E-state index contributed by atoms with van der Waals surface area (Å²) < 4.78 is 0. The molecule has 1 aromatic rings. The molecule has 0 radical (unpaired) electrons. The summed E-state index contributed by atoms with van der Waals surface area (Å²) >= 11 is 0. The molecule has 0 spiro atoms. The molecule has 6 amide bonds. The number of nitrogens with zero attached hydrogens (tertiary/aromatic N) is 2. The van der Waals surface area contributed by atoms with Gasteiger partial charge in [-0.2, -0.15) is 0 Å². The number of aliphatic hydroxyl groups is 1. The molecule has 41 heavy (non-hydrogen) atoms. The van der Waals surface area contributed by atoms with Crippen molar-refractivity contribution in [2.75, 3.05) is 26.2 Å². The number of hydrogen-bond acceptors (Lipinski definition) is 9. The number of phenols is 1. The van der Waals surface area contributed by atoms with Gasteiger partial charge >= 0.3 is 0 Å². The molecule has 15 nitrogen and oxygen atoms in total. The average Bonchev–Trinajstić information content (AvgIpc) is 3.59. The fraction of sp³-hybridized carbons (Fsp3) is 0.538. The largest absolute Gasteiger partial charge is 0.508 e. The number of rotatable bonds is 11. The smallest absolute Gasteiger partial charge is 0.246 e. The summed E-state index contributed by atoms with van der Waals surface area (Å²) in [5.41, 5.74) is 11.4. The van der Waals surface area contributed by atoms with Crippen LogP contribution in [0, 0.1) is 0 Å². The van der Waals surface area contributed by atoms with E-state index >= 15 is 0 Å². The molecule has 224 valence electrons. The molecule has 9 N–H and O–H groups in total. The van der Waals surface area contributed by atoms with E-state index in [9.17, 15) is 39.0 Å². The van der Waals surface area contributed by atoms with Gasteiger partial charge in [-0.25, -0.2) is 0 Å². The summed E-state index contributed by atoms with van der Waals surface area (Å²) in [5, 5.41) is 27.1. The summed E-state index contributed by atoms with van der Waals surface area (Å²) in [6, 6.07) is 2.12. The van der Waals surface area contributed by atoms with Crippen LogP contribution in [0.4, 0.5) is 0 Å². The van der Waals surface area contributed by atoms with Gasteiger partial charge in [0.2, 0.25) is 35.4 Å². The van der Waals surface area contributed by atoms with Gasteiger partial charge in [-0.15, -0.1) is 0 Å². The molecule has 1 aromatic carbocycles. The Morgan fingerprint density at radius 3 is 2.37 bits per heavy atom. The molecule has 2 aliphatic heterocycles. The predicted molar refractivity (Wildman–Crippen MR) is 143 cm³/mol. The van der Waals surface area contributed by atoms with Crippen molar-refractivity contribution in [3.63, 3.8) is 0 Å². The standard InChI is InChI=1S/C26H37N7O8/c1-14(30-21(36)11-27)24(39)29-12-22(37)33-13-17(35)10-20(33)26(41)32-8-2-3-19(32)25(40)31-18(23(28)38)9-15-4-6-16(34)7-5-15/h4-7,14,17-20,34-35H,2-3,8-13,27H2,1H3,(H2,28,38)(H,29,39)(H,30,36)(H,31,40)/t14?,17-,18?,19?,20?/m0/s1. The van der Waals surface area contributed by atoms with Crippen molar-refractivity contribution in [1.29, 1.82) is 0 Å². The van der Waals surface area contributed by atoms with Crippen LogP contribution < -0.4 is 27.4 Å². The van der Waals surface area contributed by atoms with Crippen LogP contribution in [0.1, 0.15) is 31.7 Å². The average molecular weight is 576 g/mol. The molecule has 15 heteroatoms. The Balaban J connectivity index is 1.63. The van der Waals surface area contributed by atoms with Gasteiger partial charge in [0.15, 0.2) is 0 Å². The first-order valence-corrected chi connectivity index (χ1v) is 13.3. The van der Waals surface area contributed by atoms with Crippen molar-refractivity contribution in [1.82, 2.24) is 25.8 Å². The SMILES string of the molecule is CC(NC(=O)CN)C(=O)NCC(=O)N1C[C@@H](O)CC1C(=O)N1CCCC1C(=O)NC(Cc1ccc(O)cc1)C(N)=O. The van der Waals surface area contributed by atoms with Crippen LogP contribution in [0.15, 0.2) is 24.3 Å². The van der Waals surface area contributed by atoms with Crippen LogP contribution in [0.3, 0.4) is 0 Å². The van der Waals surface area contributed by atoms with E-state index in [1.807, 2.05) is 0 Å². The van der Waals surface area contributed by atoms with Crippen LogP contribution in [-0.2, 0) is 35.2 Å². The first-order valence-electron chi connectivity index (χ1n) is 13.3. The van der Waals surface area contributed by atoms with Crippen LogP contribution >= 0.6 is 0 Å². The zero-order valence-corrected chi connectivity index (χ0v) is 22.7.